The predicted molar refractivity (Wildman–Crippen MR) is 23.1 cm³/mol. The molecule has 44 valence electrons. The smallest absolute Gasteiger partial charge is 0.329 e. The van der Waals surface area contributed by atoms with Crippen LogP contribution in [0.2, 0.25) is 0 Å². The summed E-state index contributed by atoms with van der Waals surface area (Å²) in [6.45, 7) is -0.208. The van der Waals surface area contributed by atoms with Gasteiger partial charge in [0.25, 0.3) is 0 Å². The summed E-state index contributed by atoms with van der Waals surface area (Å²) >= 11 is 0. The minimum absolute atomic E-state index is 0. The van der Waals surface area contributed by atoms with Gasteiger partial charge >= 0.3 is 5.97 Å². The van der Waals surface area contributed by atoms with Crippen LogP contribution in [0.1, 0.15) is 0 Å². The Balaban J connectivity index is 0. The molecule has 0 spiro atoms. The molecule has 0 heterocycles. The summed E-state index contributed by atoms with van der Waals surface area (Å²) in [5.41, 5.74) is 0. The Hall–Kier alpha value is -0.610. The fraction of sp³-hybridized carbons (Fsp3) is 0.667. The van der Waals surface area contributed by atoms with Crippen LogP contribution in [0.15, 0.2) is 0 Å². The number of carboxylic acids is 1. The van der Waals surface area contributed by atoms with Crippen molar-refractivity contribution in [2.45, 2.75) is 0 Å². The summed E-state index contributed by atoms with van der Waals surface area (Å²) in [7, 11) is 1.34. The first-order valence-corrected chi connectivity index (χ1v) is 1.48. The van der Waals surface area contributed by atoms with Crippen LogP contribution in [0.4, 0.5) is 0 Å². The van der Waals surface area contributed by atoms with Crippen LogP contribution >= 0.6 is 0 Å². The highest BCUT2D eigenvalue weighted by Crippen LogP contribution is 1.61. The number of hydrogen-bond donors (Lipinski definition) is 1. The number of hydrogen-bond acceptors (Lipinski definition) is 2. The van der Waals surface area contributed by atoms with E-state index in [1.54, 1.807) is 0 Å². The summed E-state index contributed by atoms with van der Waals surface area (Å²) in [5.74, 6) is -0.933. The second-order valence-corrected chi connectivity index (χ2v) is 0.827. The molecule has 7 heavy (non-hydrogen) atoms. The van der Waals surface area contributed by atoms with Crippen molar-refractivity contribution in [1.82, 2.24) is 0 Å². The van der Waals surface area contributed by atoms with E-state index in [1.165, 1.54) is 7.11 Å². The third kappa shape index (κ3) is 10.8. The number of ether oxygens (including phenoxy) is 1. The number of methoxy groups -OCH3 is 1. The Morgan fingerprint density at radius 2 is 2.29 bits per heavy atom. The molecule has 4 nitrogen and oxygen atoms in total. The van der Waals surface area contributed by atoms with Gasteiger partial charge in [0, 0.05) is 7.11 Å². The molecule has 0 saturated carbocycles. The van der Waals surface area contributed by atoms with Crippen molar-refractivity contribution < 1.29 is 20.1 Å². The van der Waals surface area contributed by atoms with Crippen molar-refractivity contribution in [3.05, 3.63) is 0 Å². The first kappa shape index (κ1) is 9.63. The van der Waals surface area contributed by atoms with Crippen LogP contribution in [0.5, 0.6) is 0 Å². The Morgan fingerprint density at radius 3 is 2.29 bits per heavy atom. The molecule has 3 N–H and O–H groups in total. The topological polar surface area (TPSA) is 78.0 Å². The van der Waals surface area contributed by atoms with Gasteiger partial charge in [0.05, 0.1) is 0 Å². The highest BCUT2D eigenvalue weighted by Gasteiger charge is 1.87. The lowest BCUT2D eigenvalue weighted by Crippen LogP contribution is -2.02. The Kier molecular flexibility index (Phi) is 7.42. The van der Waals surface area contributed by atoms with E-state index in [-0.39, 0.29) is 12.1 Å². The van der Waals surface area contributed by atoms with Crippen molar-refractivity contribution in [2.24, 2.45) is 0 Å². The fourth-order valence-electron chi connectivity index (χ4n) is 0.123. The molecule has 0 unspecified atom stereocenters. The quantitative estimate of drug-likeness (QED) is 0.487. The first-order chi connectivity index (χ1) is 2.77. The molecule has 0 rings (SSSR count). The van der Waals surface area contributed by atoms with Crippen LogP contribution in [0.25, 0.3) is 0 Å². The number of rotatable bonds is 2. The van der Waals surface area contributed by atoms with Gasteiger partial charge in [-0.25, -0.2) is 4.79 Å². The second-order valence-electron chi connectivity index (χ2n) is 0.827. The zero-order valence-electron chi connectivity index (χ0n) is 3.97. The lowest BCUT2D eigenvalue weighted by molar-refractivity contribution is -0.141. The molecule has 4 heteroatoms. The van der Waals surface area contributed by atoms with Gasteiger partial charge in [-0.3, -0.25) is 0 Å². The zero-order valence-corrected chi connectivity index (χ0v) is 3.97. The highest BCUT2D eigenvalue weighted by atomic mass is 16.5. The largest absolute Gasteiger partial charge is 0.480 e. The summed E-state index contributed by atoms with van der Waals surface area (Å²) in [6.07, 6.45) is 0. The van der Waals surface area contributed by atoms with Gasteiger partial charge in [-0.05, 0) is 0 Å². The third-order valence-electron chi connectivity index (χ3n) is 0.268. The van der Waals surface area contributed by atoms with E-state index < -0.39 is 5.97 Å². The van der Waals surface area contributed by atoms with E-state index in [1.807, 2.05) is 0 Å². The van der Waals surface area contributed by atoms with Crippen molar-refractivity contribution in [1.29, 1.82) is 0 Å². The van der Waals surface area contributed by atoms with Crippen LogP contribution in [0, 0.1) is 0 Å². The van der Waals surface area contributed by atoms with Gasteiger partial charge in [0.15, 0.2) is 0 Å². The standard InChI is InChI=1S/C3H6O3.H2O/c1-6-2-3(4)5;/h2H2,1H3,(H,4,5);1H2. The number of carboxylic acid groups (broad SMARTS) is 1. The molecule has 0 fully saturated rings. The zero-order chi connectivity index (χ0) is 4.99. The van der Waals surface area contributed by atoms with E-state index in [2.05, 4.69) is 4.74 Å². The summed E-state index contributed by atoms with van der Waals surface area (Å²) in [4.78, 5) is 9.47. The molecular weight excluding hydrogens is 100 g/mol. The third-order valence-corrected chi connectivity index (χ3v) is 0.268. The minimum Gasteiger partial charge on any atom is -0.480 e. The lowest BCUT2D eigenvalue weighted by atomic mass is 10.8. The van der Waals surface area contributed by atoms with Gasteiger partial charge in [0.1, 0.15) is 6.61 Å². The van der Waals surface area contributed by atoms with E-state index in [0.29, 0.717) is 0 Å². The fourth-order valence-corrected chi connectivity index (χ4v) is 0.123. The van der Waals surface area contributed by atoms with Crippen LogP contribution in [0.3, 0.4) is 0 Å². The summed E-state index contributed by atoms with van der Waals surface area (Å²) in [6, 6.07) is 0. The van der Waals surface area contributed by atoms with E-state index in [0.717, 1.165) is 0 Å². The normalized spacial score (nSPS) is 7.00. The van der Waals surface area contributed by atoms with E-state index >= 15 is 0 Å². The van der Waals surface area contributed by atoms with Gasteiger partial charge < -0.3 is 15.3 Å². The molecule has 0 atom stereocenters. The second kappa shape index (κ2) is 5.39. The summed E-state index contributed by atoms with van der Waals surface area (Å²) in [5, 5.41) is 7.79. The molecule has 0 aromatic rings. The molecular formula is C3H8O4. The van der Waals surface area contributed by atoms with Crippen molar-refractivity contribution >= 4 is 5.97 Å². The maximum atomic E-state index is 9.47. The van der Waals surface area contributed by atoms with Gasteiger partial charge in [-0.15, -0.1) is 0 Å². The van der Waals surface area contributed by atoms with Gasteiger partial charge in [0.2, 0.25) is 0 Å². The molecule has 0 saturated heterocycles. The average Bonchev–Trinajstić information content (AvgIpc) is 1.35. The van der Waals surface area contributed by atoms with E-state index in [9.17, 15) is 4.79 Å². The number of aliphatic carboxylic acids is 1. The maximum Gasteiger partial charge on any atom is 0.329 e. The molecule has 0 aliphatic carbocycles. The van der Waals surface area contributed by atoms with Gasteiger partial charge in [-0.2, -0.15) is 0 Å². The molecule has 0 amide bonds. The monoisotopic (exact) mass is 108 g/mol. The number of carbonyl (C=O) groups is 1. The maximum absolute atomic E-state index is 9.47. The van der Waals surface area contributed by atoms with Crippen LogP contribution < -0.4 is 0 Å². The van der Waals surface area contributed by atoms with Crippen molar-refractivity contribution in [2.75, 3.05) is 13.7 Å². The van der Waals surface area contributed by atoms with Crippen molar-refractivity contribution in [3.63, 3.8) is 0 Å². The lowest BCUT2D eigenvalue weighted by Gasteiger charge is -1.83. The molecule has 0 aliphatic heterocycles. The van der Waals surface area contributed by atoms with E-state index in [4.69, 9.17) is 5.11 Å². The molecule has 0 aromatic carbocycles. The summed E-state index contributed by atoms with van der Waals surface area (Å²) < 4.78 is 4.20. The minimum atomic E-state index is -0.933. The Morgan fingerprint density at radius 1 is 1.86 bits per heavy atom. The molecule has 0 aliphatic rings. The Labute approximate surface area is 41.0 Å². The van der Waals surface area contributed by atoms with Gasteiger partial charge in [-0.1, -0.05) is 0 Å². The van der Waals surface area contributed by atoms with Crippen molar-refractivity contribution in [3.8, 4) is 0 Å². The molecule has 0 radical (unpaired) electrons. The average molecular weight is 108 g/mol. The first-order valence-electron chi connectivity index (χ1n) is 1.48. The predicted octanol–water partition coefficient (Wildman–Crippen LogP) is -1.11. The highest BCUT2D eigenvalue weighted by molar-refractivity contribution is 5.67. The van der Waals surface area contributed by atoms with Crippen LogP contribution in [-0.4, -0.2) is 30.3 Å². The SMILES string of the molecule is COCC(=O)O.O. The Bertz CT molecular complexity index is 50.9. The van der Waals surface area contributed by atoms with Crippen LogP contribution in [-0.2, 0) is 9.53 Å². The molecule has 0 aromatic heterocycles. The molecule has 0 bridgehead atoms.